The Bertz CT molecular complexity index is 1180. The topological polar surface area (TPSA) is 115 Å². The molecule has 0 bridgehead atoms. The van der Waals surface area contributed by atoms with Gasteiger partial charge in [-0.3, -0.25) is 19.3 Å². The van der Waals surface area contributed by atoms with E-state index in [0.717, 1.165) is 16.5 Å². The molecule has 5 rings (SSSR count). The maximum Gasteiger partial charge on any atom is 0.275 e. The molecule has 4 atom stereocenters. The number of hydrogen-bond donors (Lipinski definition) is 3. The molecular formula is C26H34N4O5. The number of aromatic nitrogens is 1. The molecule has 4 heterocycles. The van der Waals surface area contributed by atoms with Crippen molar-refractivity contribution < 1.29 is 24.2 Å². The molecule has 3 aliphatic heterocycles. The van der Waals surface area contributed by atoms with Gasteiger partial charge in [0.2, 0.25) is 11.5 Å². The number of piperazine rings is 1. The highest BCUT2D eigenvalue weighted by molar-refractivity contribution is 6.11. The highest BCUT2D eigenvalue weighted by Crippen LogP contribution is 2.49. The predicted molar refractivity (Wildman–Crippen MR) is 129 cm³/mol. The summed E-state index contributed by atoms with van der Waals surface area (Å²) in [5.74, 6) is -4.26. The van der Waals surface area contributed by atoms with Crippen LogP contribution in [-0.2, 0) is 25.5 Å². The number of hydrogen-bond acceptors (Lipinski definition) is 5. The quantitative estimate of drug-likeness (QED) is 0.543. The molecule has 0 aliphatic carbocycles. The zero-order chi connectivity index (χ0) is 25.1. The van der Waals surface area contributed by atoms with Crippen LogP contribution in [0, 0.1) is 11.8 Å². The summed E-state index contributed by atoms with van der Waals surface area (Å²) in [6.07, 6.45) is 3.70. The van der Waals surface area contributed by atoms with Crippen molar-refractivity contribution in [3.05, 3.63) is 36.0 Å². The van der Waals surface area contributed by atoms with E-state index < -0.39 is 41.3 Å². The molecule has 0 radical (unpaired) electrons. The van der Waals surface area contributed by atoms with Crippen LogP contribution in [-0.4, -0.2) is 74.3 Å². The highest BCUT2D eigenvalue weighted by Gasteiger charge is 2.73. The molecule has 0 spiro atoms. The number of rotatable bonds is 6. The Morgan fingerprint density at radius 3 is 2.71 bits per heavy atom. The van der Waals surface area contributed by atoms with Crippen molar-refractivity contribution in [1.29, 1.82) is 0 Å². The first-order chi connectivity index (χ1) is 16.6. The molecule has 188 valence electrons. The number of para-hydroxylation sites is 1. The van der Waals surface area contributed by atoms with Crippen LogP contribution in [0.2, 0.25) is 0 Å². The lowest BCUT2D eigenvalue weighted by molar-refractivity contribution is -0.316. The van der Waals surface area contributed by atoms with Gasteiger partial charge >= 0.3 is 0 Å². The molecule has 3 aliphatic rings. The fraction of sp³-hybridized carbons (Fsp3) is 0.577. The van der Waals surface area contributed by atoms with Gasteiger partial charge in [-0.05, 0) is 36.8 Å². The number of benzene rings is 1. The van der Waals surface area contributed by atoms with Gasteiger partial charge in [-0.15, -0.1) is 0 Å². The van der Waals surface area contributed by atoms with E-state index in [1.54, 1.807) is 18.7 Å². The monoisotopic (exact) mass is 482 g/mol. The average Bonchev–Trinajstić information content (AvgIpc) is 3.52. The Morgan fingerprint density at radius 1 is 1.26 bits per heavy atom. The van der Waals surface area contributed by atoms with Crippen molar-refractivity contribution in [2.45, 2.75) is 70.6 Å². The fourth-order valence-electron chi connectivity index (χ4n) is 6.04. The van der Waals surface area contributed by atoms with E-state index >= 15 is 0 Å². The van der Waals surface area contributed by atoms with Gasteiger partial charge in [0.25, 0.3) is 17.7 Å². The summed E-state index contributed by atoms with van der Waals surface area (Å²) in [7, 11) is 0. The molecule has 3 amide bonds. The van der Waals surface area contributed by atoms with Crippen LogP contribution in [0.15, 0.2) is 30.5 Å². The highest BCUT2D eigenvalue weighted by atomic mass is 16.7. The Balaban J connectivity index is 1.43. The Kier molecular flexibility index (Phi) is 5.68. The number of nitrogens with zero attached hydrogens (tertiary/aromatic N) is 2. The first-order valence-electron chi connectivity index (χ1n) is 12.5. The van der Waals surface area contributed by atoms with Crippen molar-refractivity contribution in [2.75, 3.05) is 13.1 Å². The lowest BCUT2D eigenvalue weighted by Gasteiger charge is -2.50. The van der Waals surface area contributed by atoms with E-state index in [1.165, 1.54) is 4.90 Å². The molecule has 3 fully saturated rings. The summed E-state index contributed by atoms with van der Waals surface area (Å²) in [6, 6.07) is 6.36. The second-order valence-corrected chi connectivity index (χ2v) is 10.6. The van der Waals surface area contributed by atoms with E-state index in [-0.39, 0.29) is 11.8 Å². The molecule has 1 aromatic heterocycles. The van der Waals surface area contributed by atoms with Crippen LogP contribution < -0.4 is 5.32 Å². The van der Waals surface area contributed by atoms with Crippen molar-refractivity contribution in [1.82, 2.24) is 20.1 Å². The van der Waals surface area contributed by atoms with Gasteiger partial charge in [-0.1, -0.05) is 45.9 Å². The number of carbonyl (C=O) groups excluding carboxylic acids is 3. The summed E-state index contributed by atoms with van der Waals surface area (Å²) >= 11 is 0. The summed E-state index contributed by atoms with van der Waals surface area (Å²) < 4.78 is 6.20. The molecule has 3 N–H and O–H groups in total. The van der Waals surface area contributed by atoms with Gasteiger partial charge < -0.3 is 25.0 Å². The molecule has 9 heteroatoms. The number of fused-ring (bicyclic) bond motifs is 4. The van der Waals surface area contributed by atoms with Crippen LogP contribution in [0.1, 0.15) is 46.1 Å². The third kappa shape index (κ3) is 3.31. The molecule has 1 unspecified atom stereocenters. The maximum absolute atomic E-state index is 14.0. The third-order valence-electron chi connectivity index (χ3n) is 7.83. The molecular weight excluding hydrogens is 448 g/mol. The van der Waals surface area contributed by atoms with E-state index in [1.807, 2.05) is 44.3 Å². The zero-order valence-electron chi connectivity index (χ0n) is 20.7. The number of amides is 3. The maximum atomic E-state index is 14.0. The standard InChI is InChI=1S/C26H34N4O5/c1-15(2)21-22(31)29-13-7-10-20(29)26(34)30(21)24(33)25(35-26,16(3)4)23(32)27-12-11-17-14-28-19-9-6-5-8-18(17)19/h5-6,8-9,14-16,20-21,28,34H,7,10-13H2,1-4H3,(H,27,32)/t20?,21-,25-,26-/m0/s1. The smallest absolute Gasteiger partial charge is 0.275 e. The first kappa shape index (κ1) is 23.8. The number of aliphatic hydroxyl groups is 1. The molecule has 2 aromatic rings. The van der Waals surface area contributed by atoms with Crippen molar-refractivity contribution in [3.63, 3.8) is 0 Å². The van der Waals surface area contributed by atoms with E-state index in [0.29, 0.717) is 32.4 Å². The van der Waals surface area contributed by atoms with Crippen LogP contribution in [0.3, 0.4) is 0 Å². The fourth-order valence-corrected chi connectivity index (χ4v) is 6.04. The minimum Gasteiger partial charge on any atom is -0.361 e. The number of carbonyl (C=O) groups is 3. The number of aromatic amines is 1. The van der Waals surface area contributed by atoms with Gasteiger partial charge in [-0.25, -0.2) is 0 Å². The molecule has 1 aromatic carbocycles. The third-order valence-corrected chi connectivity index (χ3v) is 7.83. The van der Waals surface area contributed by atoms with E-state index in [2.05, 4.69) is 10.3 Å². The number of H-pyrrole nitrogens is 1. The van der Waals surface area contributed by atoms with Gasteiger partial charge in [0.05, 0.1) is 0 Å². The Labute approximate surface area is 204 Å². The van der Waals surface area contributed by atoms with Gasteiger partial charge in [0.15, 0.2) is 0 Å². The van der Waals surface area contributed by atoms with Crippen LogP contribution in [0.5, 0.6) is 0 Å². The van der Waals surface area contributed by atoms with Crippen LogP contribution >= 0.6 is 0 Å². The lowest BCUT2D eigenvalue weighted by atomic mass is 9.87. The summed E-state index contributed by atoms with van der Waals surface area (Å²) in [5.41, 5.74) is 0.161. The zero-order valence-corrected chi connectivity index (χ0v) is 20.7. The molecule has 35 heavy (non-hydrogen) atoms. The van der Waals surface area contributed by atoms with Crippen molar-refractivity contribution in [2.24, 2.45) is 11.8 Å². The van der Waals surface area contributed by atoms with Gasteiger partial charge in [-0.2, -0.15) is 0 Å². The molecule has 3 saturated heterocycles. The second-order valence-electron chi connectivity index (χ2n) is 10.6. The Hall–Kier alpha value is -2.91. The lowest BCUT2D eigenvalue weighted by Crippen LogP contribution is -2.72. The molecule has 0 saturated carbocycles. The second kappa shape index (κ2) is 8.34. The van der Waals surface area contributed by atoms with E-state index in [9.17, 15) is 19.5 Å². The average molecular weight is 483 g/mol. The minimum atomic E-state index is -2.03. The number of nitrogens with one attached hydrogen (secondary N) is 2. The Morgan fingerprint density at radius 2 is 2.00 bits per heavy atom. The summed E-state index contributed by atoms with van der Waals surface area (Å²) in [6.45, 7) is 7.94. The van der Waals surface area contributed by atoms with Crippen LogP contribution in [0.25, 0.3) is 10.9 Å². The summed E-state index contributed by atoms with van der Waals surface area (Å²) in [5, 5.41) is 15.8. The van der Waals surface area contributed by atoms with Gasteiger partial charge in [0.1, 0.15) is 12.1 Å². The van der Waals surface area contributed by atoms with Crippen molar-refractivity contribution in [3.8, 4) is 0 Å². The number of ether oxygens (including phenoxy) is 1. The first-order valence-corrected chi connectivity index (χ1v) is 12.5. The molecule has 9 nitrogen and oxygen atoms in total. The predicted octanol–water partition coefficient (Wildman–Crippen LogP) is 1.76. The SMILES string of the molecule is CC(C)[C@H]1C(=O)N2CCCC2[C@]2(O)O[C@](C(=O)NCCc3c[nH]c4ccccc34)(C(C)C)C(=O)N12. The van der Waals surface area contributed by atoms with Crippen molar-refractivity contribution >= 4 is 28.6 Å². The van der Waals surface area contributed by atoms with E-state index in [4.69, 9.17) is 4.74 Å². The van der Waals surface area contributed by atoms with Gasteiger partial charge in [0, 0.05) is 36.1 Å². The normalized spacial score (nSPS) is 30.5. The minimum absolute atomic E-state index is 0.191. The van der Waals surface area contributed by atoms with Crippen LogP contribution in [0.4, 0.5) is 0 Å². The summed E-state index contributed by atoms with van der Waals surface area (Å²) in [4.78, 5) is 46.9. The largest absolute Gasteiger partial charge is 0.361 e.